The molecule has 0 fully saturated rings. The second-order valence-corrected chi connectivity index (χ2v) is 7.04. The minimum atomic E-state index is -3.81. The molecule has 0 saturated carbocycles. The average molecular weight is 334 g/mol. The lowest BCUT2D eigenvalue weighted by Gasteiger charge is -2.27. The van der Waals surface area contributed by atoms with E-state index in [0.717, 1.165) is 0 Å². The van der Waals surface area contributed by atoms with Crippen LogP contribution in [0.15, 0.2) is 17.0 Å². The number of rotatable bonds is 5. The zero-order valence-corrected chi connectivity index (χ0v) is 14.0. The number of hydrogen-bond donors (Lipinski definition) is 1. The number of sulfonamides is 1. The zero-order chi connectivity index (χ0) is 15.6. The molecule has 0 amide bonds. The summed E-state index contributed by atoms with van der Waals surface area (Å²) in [7, 11) is -3.81. The fourth-order valence-corrected chi connectivity index (χ4v) is 4.08. The first-order valence-corrected chi connectivity index (χ1v) is 8.42. The molecule has 0 bridgehead atoms. The number of hydrogen-bond acceptors (Lipinski definition) is 2. The molecule has 0 aliphatic rings. The van der Waals surface area contributed by atoms with Crippen molar-refractivity contribution in [2.75, 3.05) is 0 Å². The van der Waals surface area contributed by atoms with E-state index in [0.29, 0.717) is 23.4 Å². The van der Waals surface area contributed by atoms with E-state index in [2.05, 4.69) is 10.6 Å². The highest BCUT2D eigenvalue weighted by Crippen LogP contribution is 2.29. The largest absolute Gasteiger partial charge is 0.243 e. The molecule has 0 radical (unpaired) electrons. The van der Waals surface area contributed by atoms with Gasteiger partial charge in [0, 0.05) is 5.02 Å². The highest BCUT2D eigenvalue weighted by Gasteiger charge is 2.31. The van der Waals surface area contributed by atoms with Crippen LogP contribution in [0.25, 0.3) is 0 Å². The number of benzene rings is 1. The Morgan fingerprint density at radius 3 is 2.25 bits per heavy atom. The van der Waals surface area contributed by atoms with E-state index >= 15 is 0 Å². The molecule has 0 aromatic heterocycles. The van der Waals surface area contributed by atoms with Crippen molar-refractivity contribution in [3.63, 3.8) is 0 Å². The summed E-state index contributed by atoms with van der Waals surface area (Å²) >= 11 is 11.9. The molecule has 1 aromatic rings. The standard InChI is InChI=1S/C14H17Cl2NO2S/c1-5-14(6-2,7-3)17-20(18,19)13-8-10(4)11(15)9-12(13)16/h1,8-9,17H,6-7H2,2-4H3. The molecular weight excluding hydrogens is 317 g/mol. The molecule has 0 saturated heterocycles. The van der Waals surface area contributed by atoms with Gasteiger partial charge in [0.05, 0.1) is 10.6 Å². The Morgan fingerprint density at radius 1 is 1.25 bits per heavy atom. The van der Waals surface area contributed by atoms with E-state index in [9.17, 15) is 8.42 Å². The van der Waals surface area contributed by atoms with Crippen molar-refractivity contribution >= 4 is 33.2 Å². The van der Waals surface area contributed by atoms with Gasteiger partial charge in [0.15, 0.2) is 0 Å². The summed E-state index contributed by atoms with van der Waals surface area (Å²) in [6.07, 6.45) is 6.45. The first-order chi connectivity index (χ1) is 9.21. The average Bonchev–Trinajstić information content (AvgIpc) is 2.40. The van der Waals surface area contributed by atoms with E-state index in [4.69, 9.17) is 29.6 Å². The van der Waals surface area contributed by atoms with Gasteiger partial charge in [0.25, 0.3) is 0 Å². The molecule has 20 heavy (non-hydrogen) atoms. The molecule has 0 heterocycles. The van der Waals surface area contributed by atoms with Crippen LogP contribution in [0.3, 0.4) is 0 Å². The SMILES string of the molecule is C#CC(CC)(CC)NS(=O)(=O)c1cc(C)c(Cl)cc1Cl. The van der Waals surface area contributed by atoms with E-state index in [1.807, 2.05) is 13.8 Å². The molecule has 110 valence electrons. The van der Waals surface area contributed by atoms with Gasteiger partial charge in [-0.1, -0.05) is 43.0 Å². The van der Waals surface area contributed by atoms with E-state index in [-0.39, 0.29) is 9.92 Å². The molecule has 1 aromatic carbocycles. The van der Waals surface area contributed by atoms with Gasteiger partial charge < -0.3 is 0 Å². The first kappa shape index (κ1) is 17.3. The molecular formula is C14H17Cl2NO2S. The predicted molar refractivity (Wildman–Crippen MR) is 83.7 cm³/mol. The maximum absolute atomic E-state index is 12.5. The summed E-state index contributed by atoms with van der Waals surface area (Å²) in [5, 5.41) is 0.495. The third kappa shape index (κ3) is 3.48. The monoisotopic (exact) mass is 333 g/mol. The summed E-state index contributed by atoms with van der Waals surface area (Å²) in [6.45, 7) is 5.38. The lowest BCUT2D eigenvalue weighted by molar-refractivity contribution is 0.451. The normalized spacial score (nSPS) is 12.2. The molecule has 0 spiro atoms. The Morgan fingerprint density at radius 2 is 1.80 bits per heavy atom. The molecule has 6 heteroatoms. The molecule has 0 unspecified atom stereocenters. The highest BCUT2D eigenvalue weighted by molar-refractivity contribution is 7.89. The Bertz CT molecular complexity index is 644. The summed E-state index contributed by atoms with van der Waals surface area (Å²) in [5.41, 5.74) is -0.272. The molecule has 0 aliphatic heterocycles. The Labute approximate surface area is 130 Å². The van der Waals surface area contributed by atoms with Crippen molar-refractivity contribution in [3.05, 3.63) is 27.7 Å². The second-order valence-electron chi connectivity index (χ2n) is 4.57. The van der Waals surface area contributed by atoms with Crippen LogP contribution in [-0.4, -0.2) is 14.0 Å². The summed E-state index contributed by atoms with van der Waals surface area (Å²) in [4.78, 5) is -0.0115. The summed E-state index contributed by atoms with van der Waals surface area (Å²) in [5.74, 6) is 2.53. The lowest BCUT2D eigenvalue weighted by atomic mass is 9.96. The molecule has 3 nitrogen and oxygen atoms in total. The quantitative estimate of drug-likeness (QED) is 0.833. The van der Waals surface area contributed by atoms with Crippen molar-refractivity contribution < 1.29 is 8.42 Å². The maximum Gasteiger partial charge on any atom is 0.243 e. The number of terminal acetylenes is 1. The zero-order valence-electron chi connectivity index (χ0n) is 11.6. The second kappa shape index (κ2) is 6.36. The van der Waals surface area contributed by atoms with Crippen LogP contribution in [0.5, 0.6) is 0 Å². The fourth-order valence-electron chi connectivity index (χ4n) is 1.78. The van der Waals surface area contributed by atoms with E-state index in [1.165, 1.54) is 12.1 Å². The Hall–Kier alpha value is -0.730. The molecule has 1 rings (SSSR count). The van der Waals surface area contributed by atoms with Crippen LogP contribution in [0.2, 0.25) is 10.0 Å². The van der Waals surface area contributed by atoms with Gasteiger partial charge in [-0.2, -0.15) is 4.72 Å². The predicted octanol–water partition coefficient (Wildman–Crippen LogP) is 3.77. The first-order valence-electron chi connectivity index (χ1n) is 6.18. The van der Waals surface area contributed by atoms with Crippen LogP contribution < -0.4 is 4.72 Å². The number of aryl methyl sites for hydroxylation is 1. The van der Waals surface area contributed by atoms with Crippen LogP contribution >= 0.6 is 23.2 Å². The fraction of sp³-hybridized carbons (Fsp3) is 0.429. The Kier molecular flexibility index (Phi) is 5.51. The summed E-state index contributed by atoms with van der Waals surface area (Å²) < 4.78 is 27.5. The van der Waals surface area contributed by atoms with Gasteiger partial charge in [0.1, 0.15) is 4.90 Å². The maximum atomic E-state index is 12.5. The minimum absolute atomic E-state index is 0.0115. The third-order valence-electron chi connectivity index (χ3n) is 3.32. The van der Waals surface area contributed by atoms with E-state index < -0.39 is 15.6 Å². The van der Waals surface area contributed by atoms with Gasteiger partial charge in [0.2, 0.25) is 10.0 Å². The van der Waals surface area contributed by atoms with Gasteiger partial charge in [-0.05, 0) is 37.5 Å². The van der Waals surface area contributed by atoms with E-state index in [1.54, 1.807) is 6.92 Å². The van der Waals surface area contributed by atoms with Gasteiger partial charge >= 0.3 is 0 Å². The Balaban J connectivity index is 3.32. The van der Waals surface area contributed by atoms with Crippen LogP contribution in [-0.2, 0) is 10.0 Å². The minimum Gasteiger partial charge on any atom is -0.207 e. The molecule has 0 atom stereocenters. The van der Waals surface area contributed by atoms with Gasteiger partial charge in [-0.25, -0.2) is 8.42 Å². The smallest absolute Gasteiger partial charge is 0.207 e. The number of nitrogens with one attached hydrogen (secondary N) is 1. The lowest BCUT2D eigenvalue weighted by Crippen LogP contribution is -2.46. The van der Waals surface area contributed by atoms with Crippen molar-refractivity contribution in [2.45, 2.75) is 44.0 Å². The van der Waals surface area contributed by atoms with Crippen LogP contribution in [0, 0.1) is 19.3 Å². The third-order valence-corrected chi connectivity index (χ3v) is 5.72. The number of halogens is 2. The highest BCUT2D eigenvalue weighted by atomic mass is 35.5. The molecule has 1 N–H and O–H groups in total. The van der Waals surface area contributed by atoms with Crippen molar-refractivity contribution in [1.82, 2.24) is 4.72 Å². The van der Waals surface area contributed by atoms with Crippen molar-refractivity contribution in [2.24, 2.45) is 0 Å². The molecule has 0 aliphatic carbocycles. The summed E-state index contributed by atoms with van der Waals surface area (Å²) in [6, 6.07) is 2.86. The van der Waals surface area contributed by atoms with Crippen molar-refractivity contribution in [3.8, 4) is 12.3 Å². The van der Waals surface area contributed by atoms with Crippen molar-refractivity contribution in [1.29, 1.82) is 0 Å². The van der Waals surface area contributed by atoms with Crippen LogP contribution in [0.4, 0.5) is 0 Å². The topological polar surface area (TPSA) is 46.2 Å². The van der Waals surface area contributed by atoms with Gasteiger partial charge in [-0.15, -0.1) is 6.42 Å². The van der Waals surface area contributed by atoms with Crippen LogP contribution in [0.1, 0.15) is 32.3 Å². The van der Waals surface area contributed by atoms with Gasteiger partial charge in [-0.3, -0.25) is 0 Å².